The summed E-state index contributed by atoms with van der Waals surface area (Å²) < 4.78 is 5.33. The Morgan fingerprint density at radius 3 is 2.33 bits per heavy atom. The van der Waals surface area contributed by atoms with Crippen LogP contribution < -0.4 is 15.5 Å². The summed E-state index contributed by atoms with van der Waals surface area (Å²) in [4.78, 5) is 34.5. The number of aromatic nitrogens is 2. The highest BCUT2D eigenvalue weighted by Crippen LogP contribution is 2.20. The maximum Gasteiger partial charge on any atom is 0.243 e. The van der Waals surface area contributed by atoms with E-state index in [1.807, 2.05) is 20.8 Å². The Labute approximate surface area is 142 Å². The van der Waals surface area contributed by atoms with Crippen LogP contribution in [0.3, 0.4) is 0 Å². The topological polar surface area (TPSA) is 96.5 Å². The molecule has 1 aromatic heterocycles. The smallest absolute Gasteiger partial charge is 0.243 e. The minimum atomic E-state index is -0.284. The van der Waals surface area contributed by atoms with Crippen molar-refractivity contribution in [3.8, 4) is 0 Å². The third-order valence-electron chi connectivity index (χ3n) is 3.74. The molecule has 2 amide bonds. The first-order valence-corrected chi connectivity index (χ1v) is 8.25. The van der Waals surface area contributed by atoms with Crippen molar-refractivity contribution >= 4 is 23.5 Å². The summed E-state index contributed by atoms with van der Waals surface area (Å²) in [5.41, 5.74) is 2.01. The van der Waals surface area contributed by atoms with Gasteiger partial charge in [-0.3, -0.25) is 9.59 Å². The van der Waals surface area contributed by atoms with E-state index in [0.29, 0.717) is 42.7 Å². The van der Waals surface area contributed by atoms with E-state index in [4.69, 9.17) is 4.74 Å². The van der Waals surface area contributed by atoms with E-state index in [9.17, 15) is 9.59 Å². The minimum Gasteiger partial charge on any atom is -0.378 e. The van der Waals surface area contributed by atoms with E-state index in [0.717, 1.165) is 19.5 Å². The molecule has 0 unspecified atom stereocenters. The van der Waals surface area contributed by atoms with Crippen molar-refractivity contribution < 1.29 is 14.3 Å². The Kier molecular flexibility index (Phi) is 6.48. The summed E-state index contributed by atoms with van der Waals surface area (Å²) in [5.74, 6) is 0.246. The third-order valence-corrected chi connectivity index (χ3v) is 3.74. The lowest BCUT2D eigenvalue weighted by Gasteiger charge is -2.27. The highest BCUT2D eigenvalue weighted by molar-refractivity contribution is 5.95. The molecule has 0 aliphatic carbocycles. The van der Waals surface area contributed by atoms with E-state index in [1.54, 1.807) is 0 Å². The summed E-state index contributed by atoms with van der Waals surface area (Å²) in [6.07, 6.45) is 1.17. The summed E-state index contributed by atoms with van der Waals surface area (Å²) in [6.45, 7) is 8.38. The maximum atomic E-state index is 12.0. The van der Waals surface area contributed by atoms with Crippen molar-refractivity contribution in [2.45, 2.75) is 33.6 Å². The van der Waals surface area contributed by atoms with E-state index in [1.165, 1.54) is 0 Å². The third kappa shape index (κ3) is 4.89. The Bertz CT molecular complexity index is 576. The standard InChI is InChI=1S/C16H25N5O3/c1-4-5-13(22)17-10-14(23)20-15-11(2)18-16(19-12(15)3)21-6-8-24-9-7-21/h4-10H2,1-3H3,(H,17,22)(H,20,23). The number of hydrogen-bond acceptors (Lipinski definition) is 6. The van der Waals surface area contributed by atoms with E-state index in [-0.39, 0.29) is 18.4 Å². The molecule has 1 aliphatic heterocycles. The Balaban J connectivity index is 2.00. The molecule has 0 atom stereocenters. The molecule has 1 aromatic rings. The van der Waals surface area contributed by atoms with Crippen LogP contribution in [0, 0.1) is 13.8 Å². The van der Waals surface area contributed by atoms with Crippen LogP contribution in [0.4, 0.5) is 11.6 Å². The van der Waals surface area contributed by atoms with Crippen molar-refractivity contribution in [2.24, 2.45) is 0 Å². The molecule has 8 heteroatoms. The number of ether oxygens (including phenoxy) is 1. The highest BCUT2D eigenvalue weighted by Gasteiger charge is 2.17. The van der Waals surface area contributed by atoms with Gasteiger partial charge >= 0.3 is 0 Å². The van der Waals surface area contributed by atoms with Gasteiger partial charge < -0.3 is 20.3 Å². The second-order valence-electron chi connectivity index (χ2n) is 5.74. The van der Waals surface area contributed by atoms with Gasteiger partial charge in [0.05, 0.1) is 36.8 Å². The van der Waals surface area contributed by atoms with E-state index < -0.39 is 0 Å². The van der Waals surface area contributed by atoms with Crippen molar-refractivity contribution in [3.05, 3.63) is 11.4 Å². The minimum absolute atomic E-state index is 0.0527. The predicted octanol–water partition coefficient (Wildman–Crippen LogP) is 0.785. The lowest BCUT2D eigenvalue weighted by atomic mass is 10.2. The highest BCUT2D eigenvalue weighted by atomic mass is 16.5. The first-order chi connectivity index (χ1) is 11.5. The molecule has 0 saturated carbocycles. The number of carbonyl (C=O) groups is 2. The molecule has 1 saturated heterocycles. The van der Waals surface area contributed by atoms with Crippen LogP contribution >= 0.6 is 0 Å². The number of aryl methyl sites for hydroxylation is 2. The molecule has 0 bridgehead atoms. The van der Waals surface area contributed by atoms with Gasteiger partial charge in [0.1, 0.15) is 0 Å². The van der Waals surface area contributed by atoms with Crippen LogP contribution in [-0.2, 0) is 14.3 Å². The number of amides is 2. The number of anilines is 2. The largest absolute Gasteiger partial charge is 0.378 e. The monoisotopic (exact) mass is 335 g/mol. The predicted molar refractivity (Wildman–Crippen MR) is 91.1 cm³/mol. The number of hydrogen-bond donors (Lipinski definition) is 2. The molecular weight excluding hydrogens is 310 g/mol. The van der Waals surface area contributed by atoms with Gasteiger partial charge in [0.2, 0.25) is 17.8 Å². The molecule has 2 rings (SSSR count). The van der Waals surface area contributed by atoms with Gasteiger partial charge in [-0.2, -0.15) is 0 Å². The van der Waals surface area contributed by atoms with Gasteiger partial charge in [0, 0.05) is 19.5 Å². The van der Waals surface area contributed by atoms with Gasteiger partial charge in [-0.25, -0.2) is 9.97 Å². The lowest BCUT2D eigenvalue weighted by Crippen LogP contribution is -2.37. The molecule has 1 aliphatic rings. The van der Waals surface area contributed by atoms with Crippen LogP contribution in [0.2, 0.25) is 0 Å². The van der Waals surface area contributed by atoms with Crippen molar-refractivity contribution in [1.82, 2.24) is 15.3 Å². The number of morpholine rings is 1. The molecule has 0 spiro atoms. The normalized spacial score (nSPS) is 14.4. The summed E-state index contributed by atoms with van der Waals surface area (Å²) >= 11 is 0. The second kappa shape index (κ2) is 8.58. The zero-order valence-electron chi connectivity index (χ0n) is 14.5. The van der Waals surface area contributed by atoms with E-state index >= 15 is 0 Å². The summed E-state index contributed by atoms with van der Waals surface area (Å²) in [5, 5.41) is 5.38. The van der Waals surface area contributed by atoms with Crippen LogP contribution in [0.5, 0.6) is 0 Å². The molecule has 1 fully saturated rings. The van der Waals surface area contributed by atoms with Gasteiger partial charge in [0.25, 0.3) is 0 Å². The van der Waals surface area contributed by atoms with Crippen molar-refractivity contribution in [3.63, 3.8) is 0 Å². The average Bonchev–Trinajstić information content (AvgIpc) is 2.57. The molecule has 132 valence electrons. The zero-order chi connectivity index (χ0) is 17.5. The van der Waals surface area contributed by atoms with Gasteiger partial charge in [-0.15, -0.1) is 0 Å². The van der Waals surface area contributed by atoms with E-state index in [2.05, 4.69) is 25.5 Å². The quantitative estimate of drug-likeness (QED) is 0.798. The molecule has 2 heterocycles. The number of nitrogens with one attached hydrogen (secondary N) is 2. The van der Waals surface area contributed by atoms with Crippen molar-refractivity contribution in [1.29, 1.82) is 0 Å². The van der Waals surface area contributed by atoms with Gasteiger partial charge in [-0.1, -0.05) is 6.92 Å². The van der Waals surface area contributed by atoms with Crippen LogP contribution in [0.25, 0.3) is 0 Å². The molecule has 24 heavy (non-hydrogen) atoms. The second-order valence-corrected chi connectivity index (χ2v) is 5.74. The Hall–Kier alpha value is -2.22. The number of nitrogens with zero attached hydrogens (tertiary/aromatic N) is 3. The van der Waals surface area contributed by atoms with Crippen LogP contribution in [0.15, 0.2) is 0 Å². The maximum absolute atomic E-state index is 12.0. The molecular formula is C16H25N5O3. The number of carbonyl (C=O) groups excluding carboxylic acids is 2. The first-order valence-electron chi connectivity index (χ1n) is 8.25. The molecule has 2 N–H and O–H groups in total. The SMILES string of the molecule is CCCC(=O)NCC(=O)Nc1c(C)nc(N2CCOCC2)nc1C. The summed E-state index contributed by atoms with van der Waals surface area (Å²) in [6, 6.07) is 0. The summed E-state index contributed by atoms with van der Waals surface area (Å²) in [7, 11) is 0. The van der Waals surface area contributed by atoms with Gasteiger partial charge in [-0.05, 0) is 20.3 Å². The lowest BCUT2D eigenvalue weighted by molar-refractivity contribution is -0.124. The fourth-order valence-corrected chi connectivity index (χ4v) is 2.46. The molecule has 0 radical (unpaired) electrons. The first kappa shape index (κ1) is 18.1. The van der Waals surface area contributed by atoms with Crippen LogP contribution in [0.1, 0.15) is 31.2 Å². The van der Waals surface area contributed by atoms with Crippen LogP contribution in [-0.4, -0.2) is 54.6 Å². The average molecular weight is 335 g/mol. The Morgan fingerprint density at radius 2 is 1.75 bits per heavy atom. The number of rotatable bonds is 6. The van der Waals surface area contributed by atoms with Crippen molar-refractivity contribution in [2.75, 3.05) is 43.1 Å². The molecule has 8 nitrogen and oxygen atoms in total. The fourth-order valence-electron chi connectivity index (χ4n) is 2.46. The zero-order valence-corrected chi connectivity index (χ0v) is 14.5. The van der Waals surface area contributed by atoms with Gasteiger partial charge in [0.15, 0.2) is 0 Å². The Morgan fingerprint density at radius 1 is 1.12 bits per heavy atom. The molecule has 0 aromatic carbocycles. The fraction of sp³-hybridized carbons (Fsp3) is 0.625.